The normalized spacial score (nSPS) is 28.2. The quantitative estimate of drug-likeness (QED) is 0.535. The minimum atomic E-state index is 0.119. The minimum Gasteiger partial charge on any atom is -0.375 e. The van der Waals surface area contributed by atoms with E-state index in [-0.39, 0.29) is 3.42 Å². The fourth-order valence-electron chi connectivity index (χ4n) is 1.48. The minimum absolute atomic E-state index is 0.119. The van der Waals surface area contributed by atoms with E-state index in [2.05, 4.69) is 40.6 Å². The molecule has 64 valence electrons. The summed E-state index contributed by atoms with van der Waals surface area (Å²) in [7, 11) is 0. The number of pyridine rings is 1. The van der Waals surface area contributed by atoms with E-state index in [0.29, 0.717) is 6.61 Å². The number of nitrogens with zero attached hydrogens (tertiary/aromatic N) is 1. The van der Waals surface area contributed by atoms with Crippen LogP contribution in [0.15, 0.2) is 18.5 Å². The zero-order valence-electron chi connectivity index (χ0n) is 6.88. The largest absolute Gasteiger partial charge is 0.375 e. The molecule has 2 nitrogen and oxygen atoms in total. The Balaban J connectivity index is 2.52. The number of alkyl halides is 1. The van der Waals surface area contributed by atoms with Gasteiger partial charge in [-0.15, -0.1) is 0 Å². The molecule has 1 atom stereocenters. The topological polar surface area (TPSA) is 22.1 Å². The van der Waals surface area contributed by atoms with Crippen LogP contribution < -0.4 is 0 Å². The lowest BCUT2D eigenvalue weighted by Gasteiger charge is -2.30. The fourth-order valence-corrected chi connectivity index (χ4v) is 2.23. The maximum atomic E-state index is 5.46. The highest BCUT2D eigenvalue weighted by Crippen LogP contribution is 2.37. The molecule has 1 aliphatic heterocycles. The first-order valence-corrected chi connectivity index (χ1v) is 4.98. The van der Waals surface area contributed by atoms with Gasteiger partial charge in [-0.3, -0.25) is 4.98 Å². The first-order chi connectivity index (χ1) is 5.70. The van der Waals surface area contributed by atoms with Gasteiger partial charge in [0.2, 0.25) is 0 Å². The molecule has 0 aromatic carbocycles. The fraction of sp³-hybridized carbons (Fsp3) is 0.444. The van der Waals surface area contributed by atoms with Gasteiger partial charge in [0.05, 0.1) is 16.6 Å². The first kappa shape index (κ1) is 8.44. The second-order valence-electron chi connectivity index (χ2n) is 3.22. The van der Waals surface area contributed by atoms with Crippen LogP contribution in [-0.4, -0.2) is 11.6 Å². The molecule has 0 amide bonds. The molecule has 0 N–H and O–H groups in total. The Hall–Kier alpha value is -0.160. The predicted molar refractivity (Wildman–Crippen MR) is 55.3 cm³/mol. The summed E-state index contributed by atoms with van der Waals surface area (Å²) in [5.74, 6) is 0. The third-order valence-electron chi connectivity index (χ3n) is 2.10. The molecule has 0 spiro atoms. The summed E-state index contributed by atoms with van der Waals surface area (Å²) >= 11 is 2.43. The van der Waals surface area contributed by atoms with E-state index in [1.54, 1.807) is 0 Å². The van der Waals surface area contributed by atoms with Crippen molar-refractivity contribution in [1.29, 1.82) is 0 Å². The van der Waals surface area contributed by atoms with E-state index in [1.165, 1.54) is 11.1 Å². The number of aromatic nitrogens is 1. The number of hydrogen-bond donors (Lipinski definition) is 0. The van der Waals surface area contributed by atoms with Crippen molar-refractivity contribution >= 4 is 22.6 Å². The summed E-state index contributed by atoms with van der Waals surface area (Å²) in [6, 6.07) is 2.09. The molecule has 3 heteroatoms. The highest BCUT2D eigenvalue weighted by Gasteiger charge is 2.29. The van der Waals surface area contributed by atoms with Crippen molar-refractivity contribution in [2.24, 2.45) is 0 Å². The third-order valence-corrected chi connectivity index (χ3v) is 2.99. The number of rotatable bonds is 0. The van der Waals surface area contributed by atoms with Crippen molar-refractivity contribution in [3.05, 3.63) is 29.6 Å². The molecule has 1 unspecified atom stereocenters. The predicted octanol–water partition coefficient (Wildman–Crippen LogP) is 2.26. The highest BCUT2D eigenvalue weighted by atomic mass is 127. The van der Waals surface area contributed by atoms with Crippen LogP contribution >= 0.6 is 22.6 Å². The Bertz CT molecular complexity index is 298. The van der Waals surface area contributed by atoms with Crippen LogP contribution in [0.5, 0.6) is 0 Å². The van der Waals surface area contributed by atoms with Crippen LogP contribution in [0.1, 0.15) is 18.1 Å². The number of fused-ring (bicyclic) bond motifs is 1. The van der Waals surface area contributed by atoms with Gasteiger partial charge in [-0.1, -0.05) is 22.6 Å². The standard InChI is InChI=1S/C9H10INO/c1-9(10)6-12-5-7-4-11-3-2-8(7)9/h2-4H,5-6H2,1H3. The average molecular weight is 275 g/mol. The van der Waals surface area contributed by atoms with E-state index in [1.807, 2.05) is 12.4 Å². The summed E-state index contributed by atoms with van der Waals surface area (Å²) in [6.45, 7) is 3.69. The van der Waals surface area contributed by atoms with Crippen molar-refractivity contribution in [3.8, 4) is 0 Å². The van der Waals surface area contributed by atoms with Crippen molar-refractivity contribution in [3.63, 3.8) is 0 Å². The van der Waals surface area contributed by atoms with Gasteiger partial charge in [-0.25, -0.2) is 0 Å². The molecule has 1 aromatic rings. The molecule has 0 saturated heterocycles. The monoisotopic (exact) mass is 275 g/mol. The summed E-state index contributed by atoms with van der Waals surface area (Å²) in [6.07, 6.45) is 3.74. The van der Waals surface area contributed by atoms with Gasteiger partial charge in [0.15, 0.2) is 0 Å². The van der Waals surface area contributed by atoms with Gasteiger partial charge in [-0.05, 0) is 18.6 Å². The molecule has 12 heavy (non-hydrogen) atoms. The number of hydrogen-bond acceptors (Lipinski definition) is 2. The maximum absolute atomic E-state index is 5.46. The van der Waals surface area contributed by atoms with Gasteiger partial charge in [-0.2, -0.15) is 0 Å². The van der Waals surface area contributed by atoms with E-state index in [4.69, 9.17) is 4.74 Å². The number of ether oxygens (including phenoxy) is 1. The second kappa shape index (κ2) is 2.96. The molecule has 0 aliphatic carbocycles. The van der Waals surface area contributed by atoms with Crippen molar-refractivity contribution in [1.82, 2.24) is 4.98 Å². The molecule has 0 radical (unpaired) electrons. The van der Waals surface area contributed by atoms with E-state index in [0.717, 1.165) is 6.61 Å². The highest BCUT2D eigenvalue weighted by molar-refractivity contribution is 14.1. The lowest BCUT2D eigenvalue weighted by molar-refractivity contribution is 0.0901. The van der Waals surface area contributed by atoms with Crippen molar-refractivity contribution < 1.29 is 4.74 Å². The van der Waals surface area contributed by atoms with Crippen LogP contribution in [0, 0.1) is 0 Å². The zero-order chi connectivity index (χ0) is 8.60. The van der Waals surface area contributed by atoms with E-state index >= 15 is 0 Å². The summed E-state index contributed by atoms with van der Waals surface area (Å²) in [5.41, 5.74) is 2.59. The lowest BCUT2D eigenvalue weighted by atomic mass is 9.96. The van der Waals surface area contributed by atoms with Crippen molar-refractivity contribution in [2.75, 3.05) is 6.61 Å². The molecular formula is C9H10INO. The Morgan fingerprint density at radius 2 is 2.50 bits per heavy atom. The zero-order valence-corrected chi connectivity index (χ0v) is 9.04. The van der Waals surface area contributed by atoms with Gasteiger partial charge in [0.25, 0.3) is 0 Å². The van der Waals surface area contributed by atoms with Crippen LogP contribution in [0.2, 0.25) is 0 Å². The molecule has 2 heterocycles. The van der Waals surface area contributed by atoms with Gasteiger partial charge >= 0.3 is 0 Å². The summed E-state index contributed by atoms with van der Waals surface area (Å²) < 4.78 is 5.58. The maximum Gasteiger partial charge on any atom is 0.0735 e. The Kier molecular flexibility index (Phi) is 2.08. The van der Waals surface area contributed by atoms with Crippen LogP contribution in [-0.2, 0) is 14.8 Å². The second-order valence-corrected chi connectivity index (χ2v) is 5.60. The van der Waals surface area contributed by atoms with Gasteiger partial charge in [0, 0.05) is 18.0 Å². The van der Waals surface area contributed by atoms with Crippen LogP contribution in [0.3, 0.4) is 0 Å². The van der Waals surface area contributed by atoms with Gasteiger partial charge in [0.1, 0.15) is 0 Å². The van der Waals surface area contributed by atoms with Crippen molar-refractivity contribution in [2.45, 2.75) is 17.0 Å². The summed E-state index contributed by atoms with van der Waals surface area (Å²) in [4.78, 5) is 4.08. The smallest absolute Gasteiger partial charge is 0.0735 e. The SMILES string of the molecule is CC1(I)COCc2cnccc21. The molecular weight excluding hydrogens is 265 g/mol. The molecule has 1 aromatic heterocycles. The molecule has 0 bridgehead atoms. The van der Waals surface area contributed by atoms with Gasteiger partial charge < -0.3 is 4.74 Å². The molecule has 0 fully saturated rings. The Morgan fingerprint density at radius 3 is 3.25 bits per heavy atom. The number of halogens is 1. The Labute approximate surface area is 85.5 Å². The Morgan fingerprint density at radius 1 is 1.67 bits per heavy atom. The summed E-state index contributed by atoms with van der Waals surface area (Å²) in [5, 5.41) is 0. The van der Waals surface area contributed by atoms with E-state index < -0.39 is 0 Å². The lowest BCUT2D eigenvalue weighted by Crippen LogP contribution is -2.27. The van der Waals surface area contributed by atoms with Crippen LogP contribution in [0.4, 0.5) is 0 Å². The average Bonchev–Trinajstić information content (AvgIpc) is 2.04. The molecule has 1 aliphatic rings. The van der Waals surface area contributed by atoms with E-state index in [9.17, 15) is 0 Å². The molecule has 2 rings (SSSR count). The van der Waals surface area contributed by atoms with Crippen LogP contribution in [0.25, 0.3) is 0 Å². The molecule has 0 saturated carbocycles. The first-order valence-electron chi connectivity index (χ1n) is 3.90. The third kappa shape index (κ3) is 1.35.